The normalized spacial score (nSPS) is 24.6. The molecule has 2 N–H and O–H groups in total. The minimum absolute atomic E-state index is 0.311. The molecule has 1 aromatic rings. The van der Waals surface area contributed by atoms with Crippen LogP contribution < -0.4 is 5.46 Å². The zero-order valence-corrected chi connectivity index (χ0v) is 17.6. The van der Waals surface area contributed by atoms with Gasteiger partial charge in [0.2, 0.25) is 0 Å². The standard InChI is InChI=1S/C18H28BN3O5S/c1-17(2)18(3,4)27-19(26-17)13-7-20-16(21-8-13)28-11-12-5-6-22(9-12)15(25)14(24)10-23/h7-8,12,14,23-24H,5-6,9-11H2,1-4H3/t12-,14-/m0/s1. The summed E-state index contributed by atoms with van der Waals surface area (Å²) in [5.74, 6) is 0.693. The molecule has 8 nitrogen and oxygen atoms in total. The highest BCUT2D eigenvalue weighted by Crippen LogP contribution is 2.36. The quantitative estimate of drug-likeness (QED) is 0.387. The van der Waals surface area contributed by atoms with Crippen molar-refractivity contribution in [1.82, 2.24) is 14.9 Å². The Labute approximate surface area is 170 Å². The van der Waals surface area contributed by atoms with Crippen LogP contribution in [0.15, 0.2) is 17.6 Å². The third kappa shape index (κ3) is 4.51. The van der Waals surface area contributed by atoms with Crippen molar-refractivity contribution in [3.63, 3.8) is 0 Å². The number of hydrogen-bond donors (Lipinski definition) is 2. The van der Waals surface area contributed by atoms with Gasteiger partial charge in [0.25, 0.3) is 5.91 Å². The fourth-order valence-corrected chi connectivity index (χ4v) is 4.06. The number of hydrogen-bond acceptors (Lipinski definition) is 8. The summed E-state index contributed by atoms with van der Waals surface area (Å²) >= 11 is 1.54. The molecule has 0 aromatic carbocycles. The highest BCUT2D eigenvalue weighted by Gasteiger charge is 2.51. The van der Waals surface area contributed by atoms with Crippen molar-refractivity contribution >= 4 is 30.3 Å². The smallest absolute Gasteiger partial charge is 0.399 e. The highest BCUT2D eigenvalue weighted by molar-refractivity contribution is 7.99. The van der Waals surface area contributed by atoms with Crippen LogP contribution in [-0.2, 0) is 14.1 Å². The average Bonchev–Trinajstić information content (AvgIpc) is 3.21. The summed E-state index contributed by atoms with van der Waals surface area (Å²) in [6, 6.07) is 0. The predicted octanol–water partition coefficient (Wildman–Crippen LogP) is 0.0696. The Bertz CT molecular complexity index is 687. The van der Waals surface area contributed by atoms with E-state index < -0.39 is 36.9 Å². The molecule has 0 bridgehead atoms. The average molecular weight is 409 g/mol. The van der Waals surface area contributed by atoms with Crippen molar-refractivity contribution in [3.05, 3.63) is 12.4 Å². The van der Waals surface area contributed by atoms with Gasteiger partial charge < -0.3 is 24.4 Å². The van der Waals surface area contributed by atoms with Gasteiger partial charge in [-0.25, -0.2) is 9.97 Å². The minimum atomic E-state index is -1.32. The largest absolute Gasteiger partial charge is 0.498 e. The van der Waals surface area contributed by atoms with E-state index in [9.17, 15) is 9.90 Å². The second-order valence-electron chi connectivity index (χ2n) is 8.34. The van der Waals surface area contributed by atoms with Gasteiger partial charge in [-0.1, -0.05) is 11.8 Å². The van der Waals surface area contributed by atoms with Crippen LogP contribution in [0.1, 0.15) is 34.1 Å². The molecule has 1 amide bonds. The third-order valence-corrected chi connectivity index (χ3v) is 6.78. The van der Waals surface area contributed by atoms with Crippen molar-refractivity contribution in [2.75, 3.05) is 25.4 Å². The molecule has 2 aliphatic heterocycles. The maximum atomic E-state index is 11.9. The SMILES string of the molecule is CC1(C)OB(c2cnc(SC[C@H]3CCN(C(=O)[C@@H](O)CO)C3)nc2)OC1(C)C. The van der Waals surface area contributed by atoms with E-state index in [0.29, 0.717) is 24.2 Å². The Hall–Kier alpha value is -1.20. The van der Waals surface area contributed by atoms with Gasteiger partial charge in [-0.3, -0.25) is 4.79 Å². The molecule has 0 radical (unpaired) electrons. The molecular formula is C18H28BN3O5S. The van der Waals surface area contributed by atoms with Crippen molar-refractivity contribution in [3.8, 4) is 0 Å². The molecule has 1 aromatic heterocycles. The summed E-state index contributed by atoms with van der Waals surface area (Å²) < 4.78 is 12.0. The van der Waals surface area contributed by atoms with Crippen molar-refractivity contribution in [2.24, 2.45) is 5.92 Å². The van der Waals surface area contributed by atoms with E-state index in [0.717, 1.165) is 17.6 Å². The van der Waals surface area contributed by atoms with Gasteiger partial charge in [0, 0.05) is 36.7 Å². The molecule has 3 rings (SSSR count). The Kier molecular flexibility index (Phi) is 6.36. The van der Waals surface area contributed by atoms with E-state index in [-0.39, 0.29) is 0 Å². The Morgan fingerprint density at radius 1 is 1.32 bits per heavy atom. The first-order valence-corrected chi connectivity index (χ1v) is 10.5. The van der Waals surface area contributed by atoms with Gasteiger partial charge in [0.1, 0.15) is 0 Å². The molecular weight excluding hydrogens is 381 g/mol. The maximum absolute atomic E-state index is 11.9. The van der Waals surface area contributed by atoms with Gasteiger partial charge in [0.15, 0.2) is 11.3 Å². The van der Waals surface area contributed by atoms with Crippen LogP contribution in [0.4, 0.5) is 0 Å². The zero-order valence-electron chi connectivity index (χ0n) is 16.8. The van der Waals surface area contributed by atoms with Gasteiger partial charge in [-0.05, 0) is 40.0 Å². The molecule has 0 unspecified atom stereocenters. The topological polar surface area (TPSA) is 105 Å². The summed E-state index contributed by atoms with van der Waals surface area (Å²) in [6.45, 7) is 8.66. The molecule has 2 atom stereocenters. The number of aliphatic hydroxyl groups excluding tert-OH is 2. The fraction of sp³-hybridized carbons (Fsp3) is 0.722. The van der Waals surface area contributed by atoms with Crippen LogP contribution in [0, 0.1) is 5.92 Å². The van der Waals surface area contributed by atoms with Crippen molar-refractivity contribution in [2.45, 2.75) is 56.6 Å². The molecule has 0 aliphatic carbocycles. The number of nitrogens with zero attached hydrogens (tertiary/aromatic N) is 3. The minimum Gasteiger partial charge on any atom is -0.399 e. The first-order chi connectivity index (χ1) is 13.1. The molecule has 3 heterocycles. The second-order valence-corrected chi connectivity index (χ2v) is 9.32. The molecule has 10 heteroatoms. The Morgan fingerprint density at radius 2 is 1.93 bits per heavy atom. The Morgan fingerprint density at radius 3 is 2.50 bits per heavy atom. The van der Waals surface area contributed by atoms with Crippen LogP contribution in [0.25, 0.3) is 0 Å². The predicted molar refractivity (Wildman–Crippen MR) is 106 cm³/mol. The van der Waals surface area contributed by atoms with Crippen molar-refractivity contribution in [1.29, 1.82) is 0 Å². The number of thioether (sulfide) groups is 1. The van der Waals surface area contributed by atoms with E-state index in [1.165, 1.54) is 0 Å². The van der Waals surface area contributed by atoms with Crippen molar-refractivity contribution < 1.29 is 24.3 Å². The number of aromatic nitrogens is 2. The molecule has 0 saturated carbocycles. The summed E-state index contributed by atoms with van der Waals surface area (Å²) in [6.07, 6.45) is 3.01. The summed E-state index contributed by atoms with van der Waals surface area (Å²) in [5, 5.41) is 19.0. The summed E-state index contributed by atoms with van der Waals surface area (Å²) in [7, 11) is -0.476. The number of amides is 1. The first kappa shape index (κ1) is 21.5. The monoisotopic (exact) mass is 409 g/mol. The zero-order chi connectivity index (χ0) is 20.5. The lowest BCUT2D eigenvalue weighted by molar-refractivity contribution is -0.141. The van der Waals surface area contributed by atoms with E-state index in [1.54, 1.807) is 29.1 Å². The van der Waals surface area contributed by atoms with Gasteiger partial charge in [-0.15, -0.1) is 0 Å². The second kappa shape index (κ2) is 8.27. The van der Waals surface area contributed by atoms with E-state index in [4.69, 9.17) is 14.4 Å². The molecule has 28 heavy (non-hydrogen) atoms. The fourth-order valence-electron chi connectivity index (χ4n) is 3.15. The van der Waals surface area contributed by atoms with Crippen LogP contribution >= 0.6 is 11.8 Å². The summed E-state index contributed by atoms with van der Waals surface area (Å²) in [4.78, 5) is 22.3. The molecule has 2 fully saturated rings. The number of rotatable bonds is 6. The molecule has 0 spiro atoms. The van der Waals surface area contributed by atoms with E-state index in [1.807, 2.05) is 27.7 Å². The molecule has 2 aliphatic rings. The molecule has 2 saturated heterocycles. The third-order valence-electron chi connectivity index (χ3n) is 5.68. The molecule has 154 valence electrons. The van der Waals surface area contributed by atoms with Crippen LogP contribution in [0.5, 0.6) is 0 Å². The summed E-state index contributed by atoms with van der Waals surface area (Å²) in [5.41, 5.74) is -0.0142. The lowest BCUT2D eigenvalue weighted by Gasteiger charge is -2.32. The van der Waals surface area contributed by atoms with Crippen LogP contribution in [-0.4, -0.2) is 80.9 Å². The number of likely N-dealkylation sites (tertiary alicyclic amines) is 1. The van der Waals surface area contributed by atoms with E-state index >= 15 is 0 Å². The van der Waals surface area contributed by atoms with Crippen LogP contribution in [0.2, 0.25) is 0 Å². The van der Waals surface area contributed by atoms with Gasteiger partial charge in [-0.2, -0.15) is 0 Å². The van der Waals surface area contributed by atoms with E-state index in [2.05, 4.69) is 9.97 Å². The van der Waals surface area contributed by atoms with Gasteiger partial charge >= 0.3 is 7.12 Å². The lowest BCUT2D eigenvalue weighted by atomic mass is 9.81. The van der Waals surface area contributed by atoms with Gasteiger partial charge in [0.05, 0.1) is 17.8 Å². The van der Waals surface area contributed by atoms with Crippen LogP contribution in [0.3, 0.4) is 0 Å². The Balaban J connectivity index is 1.50. The number of aliphatic hydroxyl groups is 2. The lowest BCUT2D eigenvalue weighted by Crippen LogP contribution is -2.41. The maximum Gasteiger partial charge on any atom is 0.498 e. The first-order valence-electron chi connectivity index (χ1n) is 9.51. The number of carbonyl (C=O) groups excluding carboxylic acids is 1. The number of carbonyl (C=O) groups is 1. The highest BCUT2D eigenvalue weighted by atomic mass is 32.2.